The van der Waals surface area contributed by atoms with Crippen molar-refractivity contribution in [1.29, 1.82) is 0 Å². The molecule has 0 amide bonds. The lowest BCUT2D eigenvalue weighted by atomic mass is 10.4. The van der Waals surface area contributed by atoms with E-state index in [2.05, 4.69) is 18.8 Å². The van der Waals surface area contributed by atoms with E-state index in [9.17, 15) is 4.79 Å². The molecule has 0 saturated heterocycles. The van der Waals surface area contributed by atoms with Crippen molar-refractivity contribution in [2.75, 3.05) is 11.9 Å². The van der Waals surface area contributed by atoms with Gasteiger partial charge >= 0.3 is 0 Å². The van der Waals surface area contributed by atoms with Crippen molar-refractivity contribution in [2.45, 2.75) is 19.9 Å². The van der Waals surface area contributed by atoms with Gasteiger partial charge in [-0.15, -0.1) is 11.3 Å². The van der Waals surface area contributed by atoms with Crippen LogP contribution in [0.3, 0.4) is 0 Å². The Labute approximate surface area is 76.0 Å². The van der Waals surface area contributed by atoms with Crippen LogP contribution in [-0.2, 0) is 0 Å². The second kappa shape index (κ2) is 3.67. The first kappa shape index (κ1) is 9.19. The molecule has 1 heterocycles. The highest BCUT2D eigenvalue weighted by Gasteiger charge is 2.08. The molecule has 1 aromatic heterocycles. The fraction of sp³-hybridized carbons (Fsp3) is 0.500. The van der Waals surface area contributed by atoms with Gasteiger partial charge in [0, 0.05) is 18.5 Å². The van der Waals surface area contributed by atoms with Crippen LogP contribution in [0.15, 0.2) is 5.38 Å². The molecule has 66 valence electrons. The van der Waals surface area contributed by atoms with E-state index in [1.807, 2.05) is 11.9 Å². The van der Waals surface area contributed by atoms with E-state index >= 15 is 0 Å². The SMILES string of the molecule is CC(C)N(C)c1nc(C=O)cs1. The summed E-state index contributed by atoms with van der Waals surface area (Å²) in [5.74, 6) is 0. The fourth-order valence-electron chi connectivity index (χ4n) is 0.713. The van der Waals surface area contributed by atoms with Gasteiger partial charge in [0.05, 0.1) is 0 Å². The molecule has 4 heteroatoms. The van der Waals surface area contributed by atoms with Gasteiger partial charge in [0.2, 0.25) is 0 Å². The van der Waals surface area contributed by atoms with Gasteiger partial charge in [0.15, 0.2) is 11.4 Å². The normalized spacial score (nSPS) is 10.3. The van der Waals surface area contributed by atoms with Crippen molar-refractivity contribution in [3.63, 3.8) is 0 Å². The minimum absolute atomic E-state index is 0.413. The molecule has 0 fully saturated rings. The maximum Gasteiger partial charge on any atom is 0.185 e. The van der Waals surface area contributed by atoms with Gasteiger partial charge in [0.1, 0.15) is 5.69 Å². The number of carbonyl (C=O) groups is 1. The zero-order valence-electron chi connectivity index (χ0n) is 7.44. The van der Waals surface area contributed by atoms with Gasteiger partial charge in [-0.3, -0.25) is 4.79 Å². The molecule has 0 aliphatic heterocycles. The predicted octanol–water partition coefficient (Wildman–Crippen LogP) is 1.80. The third-order valence-corrected chi connectivity index (χ3v) is 2.66. The first-order valence-electron chi connectivity index (χ1n) is 3.78. The Morgan fingerprint density at radius 3 is 2.75 bits per heavy atom. The second-order valence-electron chi connectivity index (χ2n) is 2.88. The van der Waals surface area contributed by atoms with E-state index in [4.69, 9.17) is 0 Å². The first-order chi connectivity index (χ1) is 5.65. The highest BCUT2D eigenvalue weighted by Crippen LogP contribution is 2.19. The quantitative estimate of drug-likeness (QED) is 0.672. The number of hydrogen-bond acceptors (Lipinski definition) is 4. The van der Waals surface area contributed by atoms with Gasteiger partial charge in [-0.25, -0.2) is 4.98 Å². The van der Waals surface area contributed by atoms with Gasteiger partial charge in [-0.2, -0.15) is 0 Å². The lowest BCUT2D eigenvalue weighted by Gasteiger charge is -2.19. The Bertz CT molecular complexity index is 270. The van der Waals surface area contributed by atoms with Crippen LogP contribution in [0, 0.1) is 0 Å². The summed E-state index contributed by atoms with van der Waals surface area (Å²) in [6.07, 6.45) is 0.772. The number of rotatable bonds is 3. The average molecular weight is 184 g/mol. The van der Waals surface area contributed by atoms with Crippen molar-refractivity contribution < 1.29 is 4.79 Å². The van der Waals surface area contributed by atoms with Crippen molar-refractivity contribution in [3.05, 3.63) is 11.1 Å². The Balaban J connectivity index is 2.81. The fourth-order valence-corrected chi connectivity index (χ4v) is 1.58. The van der Waals surface area contributed by atoms with Crippen molar-refractivity contribution in [2.24, 2.45) is 0 Å². The molecule has 0 atom stereocenters. The Kier molecular flexibility index (Phi) is 2.81. The summed E-state index contributed by atoms with van der Waals surface area (Å²) in [6, 6.07) is 0.413. The van der Waals surface area contributed by atoms with Crippen LogP contribution < -0.4 is 4.90 Å². The van der Waals surface area contributed by atoms with E-state index in [1.54, 1.807) is 5.38 Å². The standard InChI is InChI=1S/C8H12N2OS/c1-6(2)10(3)8-9-7(4-11)5-12-8/h4-6H,1-3H3. The maximum atomic E-state index is 10.3. The Morgan fingerprint density at radius 1 is 1.67 bits per heavy atom. The summed E-state index contributed by atoms with van der Waals surface area (Å²) in [4.78, 5) is 16.5. The smallest absolute Gasteiger partial charge is 0.185 e. The monoisotopic (exact) mass is 184 g/mol. The molecule has 0 aliphatic rings. The van der Waals surface area contributed by atoms with Crippen molar-refractivity contribution in [3.8, 4) is 0 Å². The number of hydrogen-bond donors (Lipinski definition) is 0. The van der Waals surface area contributed by atoms with Crippen LogP contribution in [0.2, 0.25) is 0 Å². The minimum Gasteiger partial charge on any atom is -0.349 e. The summed E-state index contributed by atoms with van der Waals surface area (Å²) in [5, 5.41) is 2.66. The zero-order chi connectivity index (χ0) is 9.14. The third-order valence-electron chi connectivity index (χ3n) is 1.71. The Hall–Kier alpha value is -0.900. The van der Waals surface area contributed by atoms with Gasteiger partial charge in [0.25, 0.3) is 0 Å². The molecule has 0 aliphatic carbocycles. The average Bonchev–Trinajstić information content (AvgIpc) is 2.50. The number of carbonyl (C=O) groups excluding carboxylic acids is 1. The van der Waals surface area contributed by atoms with E-state index in [-0.39, 0.29) is 0 Å². The molecule has 1 rings (SSSR count). The van der Waals surface area contributed by atoms with Gasteiger partial charge in [-0.1, -0.05) is 0 Å². The van der Waals surface area contributed by atoms with Crippen molar-refractivity contribution in [1.82, 2.24) is 4.98 Å². The van der Waals surface area contributed by atoms with Crippen LogP contribution in [-0.4, -0.2) is 24.4 Å². The second-order valence-corrected chi connectivity index (χ2v) is 3.71. The molecular weight excluding hydrogens is 172 g/mol. The van der Waals surface area contributed by atoms with E-state index in [0.717, 1.165) is 11.4 Å². The highest BCUT2D eigenvalue weighted by atomic mass is 32.1. The summed E-state index contributed by atoms with van der Waals surface area (Å²) in [6.45, 7) is 4.17. The van der Waals surface area contributed by atoms with Crippen LogP contribution >= 0.6 is 11.3 Å². The van der Waals surface area contributed by atoms with Gasteiger partial charge in [-0.05, 0) is 13.8 Å². The number of thiazole rings is 1. The summed E-state index contributed by atoms with van der Waals surface area (Å²) >= 11 is 1.49. The molecule has 12 heavy (non-hydrogen) atoms. The van der Waals surface area contributed by atoms with Crippen molar-refractivity contribution >= 4 is 22.8 Å². The largest absolute Gasteiger partial charge is 0.349 e. The summed E-state index contributed by atoms with van der Waals surface area (Å²) in [5.41, 5.74) is 0.516. The lowest BCUT2D eigenvalue weighted by molar-refractivity contribution is 0.111. The van der Waals surface area contributed by atoms with E-state index < -0.39 is 0 Å². The van der Waals surface area contributed by atoms with Crippen LogP contribution in [0.4, 0.5) is 5.13 Å². The zero-order valence-corrected chi connectivity index (χ0v) is 8.26. The minimum atomic E-state index is 0.413. The molecule has 0 radical (unpaired) electrons. The molecule has 1 aromatic rings. The molecule has 0 N–H and O–H groups in total. The number of anilines is 1. The number of aldehydes is 1. The predicted molar refractivity (Wildman–Crippen MR) is 51.0 cm³/mol. The molecular formula is C8H12N2OS. The topological polar surface area (TPSA) is 33.2 Å². The molecule has 0 spiro atoms. The molecule has 0 unspecified atom stereocenters. The van der Waals surface area contributed by atoms with Crippen LogP contribution in [0.25, 0.3) is 0 Å². The lowest BCUT2D eigenvalue weighted by Crippen LogP contribution is -2.25. The van der Waals surface area contributed by atoms with Crippen LogP contribution in [0.5, 0.6) is 0 Å². The highest BCUT2D eigenvalue weighted by molar-refractivity contribution is 7.13. The molecule has 0 bridgehead atoms. The number of aromatic nitrogens is 1. The van der Waals surface area contributed by atoms with Gasteiger partial charge < -0.3 is 4.90 Å². The summed E-state index contributed by atoms with van der Waals surface area (Å²) < 4.78 is 0. The summed E-state index contributed by atoms with van der Waals surface area (Å²) in [7, 11) is 1.97. The van der Waals surface area contributed by atoms with E-state index in [0.29, 0.717) is 11.7 Å². The number of nitrogens with zero attached hydrogens (tertiary/aromatic N) is 2. The third kappa shape index (κ3) is 1.82. The maximum absolute atomic E-state index is 10.3. The first-order valence-corrected chi connectivity index (χ1v) is 4.66. The molecule has 0 aromatic carbocycles. The molecule has 0 saturated carbocycles. The molecule has 3 nitrogen and oxygen atoms in total. The van der Waals surface area contributed by atoms with E-state index in [1.165, 1.54) is 11.3 Å². The Morgan fingerprint density at radius 2 is 2.33 bits per heavy atom. The van der Waals surface area contributed by atoms with Crippen LogP contribution in [0.1, 0.15) is 24.3 Å².